The van der Waals surface area contributed by atoms with E-state index in [2.05, 4.69) is 22.4 Å². The third kappa shape index (κ3) is 4.93. The van der Waals surface area contributed by atoms with Crippen molar-refractivity contribution >= 4 is 5.91 Å². The first-order chi connectivity index (χ1) is 7.72. The third-order valence-corrected chi connectivity index (χ3v) is 2.56. The second-order valence-corrected chi connectivity index (χ2v) is 4.08. The fourth-order valence-electron chi connectivity index (χ4n) is 1.47. The van der Waals surface area contributed by atoms with Gasteiger partial charge in [-0.15, -0.1) is 0 Å². The van der Waals surface area contributed by atoms with E-state index in [-0.39, 0.29) is 5.91 Å². The minimum absolute atomic E-state index is 0.0819. The van der Waals surface area contributed by atoms with Crippen LogP contribution in [-0.2, 0) is 11.3 Å². The van der Waals surface area contributed by atoms with Gasteiger partial charge in [-0.1, -0.05) is 6.92 Å². The second kappa shape index (κ2) is 7.00. The highest BCUT2D eigenvalue weighted by Gasteiger charge is 2.06. The average Bonchev–Trinajstić information content (AvgIpc) is 2.77. The molecule has 16 heavy (non-hydrogen) atoms. The van der Waals surface area contributed by atoms with Crippen LogP contribution in [-0.4, -0.2) is 22.6 Å². The molecule has 0 fully saturated rings. The highest BCUT2D eigenvalue weighted by molar-refractivity contribution is 5.75. The Morgan fingerprint density at radius 1 is 1.62 bits per heavy atom. The molecule has 1 aromatic heterocycles. The van der Waals surface area contributed by atoms with Crippen LogP contribution in [0.4, 0.5) is 0 Å². The van der Waals surface area contributed by atoms with Gasteiger partial charge >= 0.3 is 0 Å². The van der Waals surface area contributed by atoms with Crippen molar-refractivity contribution < 1.29 is 4.79 Å². The van der Waals surface area contributed by atoms with Crippen LogP contribution in [0.1, 0.15) is 31.9 Å². The van der Waals surface area contributed by atoms with Crippen LogP contribution in [0.15, 0.2) is 12.3 Å². The molecule has 0 aliphatic heterocycles. The van der Waals surface area contributed by atoms with Crippen LogP contribution in [0.25, 0.3) is 0 Å². The Kier molecular flexibility index (Phi) is 5.56. The van der Waals surface area contributed by atoms with E-state index in [1.165, 1.54) is 0 Å². The van der Waals surface area contributed by atoms with Crippen molar-refractivity contribution in [3.8, 4) is 0 Å². The first kappa shape index (κ1) is 12.7. The minimum Gasteiger partial charge on any atom is -0.350 e. The quantitative estimate of drug-likeness (QED) is 0.640. The molecule has 1 aromatic rings. The van der Waals surface area contributed by atoms with Crippen molar-refractivity contribution in [2.45, 2.75) is 32.7 Å². The maximum absolute atomic E-state index is 11.5. The Labute approximate surface area is 95.8 Å². The summed E-state index contributed by atoms with van der Waals surface area (Å²) in [6.45, 7) is 3.33. The molecule has 1 amide bonds. The Bertz CT molecular complexity index is 297. The van der Waals surface area contributed by atoms with Crippen molar-refractivity contribution in [2.75, 3.05) is 6.54 Å². The lowest BCUT2D eigenvalue weighted by atomic mass is 10.0. The van der Waals surface area contributed by atoms with Gasteiger partial charge in [-0.2, -0.15) is 5.10 Å². The molecule has 0 spiro atoms. The summed E-state index contributed by atoms with van der Waals surface area (Å²) in [5.74, 6) is 0.598. The predicted molar refractivity (Wildman–Crippen MR) is 62.5 cm³/mol. The number of hydrogen-bond donors (Lipinski definition) is 3. The van der Waals surface area contributed by atoms with Crippen LogP contribution in [0.5, 0.6) is 0 Å². The largest absolute Gasteiger partial charge is 0.350 e. The Hall–Kier alpha value is -1.36. The smallest absolute Gasteiger partial charge is 0.220 e. The zero-order chi connectivity index (χ0) is 11.8. The topological polar surface area (TPSA) is 83.8 Å². The van der Waals surface area contributed by atoms with E-state index >= 15 is 0 Å². The molecular formula is C11H20N4O. The fourth-order valence-corrected chi connectivity index (χ4v) is 1.47. The normalized spacial score (nSPS) is 12.4. The summed E-state index contributed by atoms with van der Waals surface area (Å²) in [6.07, 6.45) is 4.11. The van der Waals surface area contributed by atoms with Gasteiger partial charge in [0, 0.05) is 12.6 Å². The maximum atomic E-state index is 11.5. The van der Waals surface area contributed by atoms with E-state index in [1.807, 2.05) is 6.07 Å². The molecule has 0 saturated carbocycles. The van der Waals surface area contributed by atoms with E-state index in [0.29, 0.717) is 25.4 Å². The van der Waals surface area contributed by atoms with E-state index in [4.69, 9.17) is 5.73 Å². The molecule has 0 radical (unpaired) electrons. The van der Waals surface area contributed by atoms with Crippen LogP contribution < -0.4 is 11.1 Å². The Morgan fingerprint density at radius 2 is 2.44 bits per heavy atom. The maximum Gasteiger partial charge on any atom is 0.220 e. The van der Waals surface area contributed by atoms with Crippen LogP contribution in [0.3, 0.4) is 0 Å². The van der Waals surface area contributed by atoms with Crippen molar-refractivity contribution in [1.29, 1.82) is 0 Å². The van der Waals surface area contributed by atoms with Gasteiger partial charge < -0.3 is 11.1 Å². The zero-order valence-electron chi connectivity index (χ0n) is 9.70. The van der Waals surface area contributed by atoms with Gasteiger partial charge in [0.1, 0.15) is 0 Å². The van der Waals surface area contributed by atoms with E-state index < -0.39 is 0 Å². The van der Waals surface area contributed by atoms with Gasteiger partial charge in [0.15, 0.2) is 0 Å². The van der Waals surface area contributed by atoms with Crippen molar-refractivity contribution in [2.24, 2.45) is 11.7 Å². The van der Waals surface area contributed by atoms with Gasteiger partial charge in [0.25, 0.3) is 0 Å². The summed E-state index contributed by atoms with van der Waals surface area (Å²) >= 11 is 0. The number of nitrogens with two attached hydrogens (primary N) is 1. The molecule has 0 bridgehead atoms. The molecule has 0 aromatic carbocycles. The summed E-state index contributed by atoms with van der Waals surface area (Å²) < 4.78 is 0. The number of rotatable bonds is 7. The number of hydrogen-bond acceptors (Lipinski definition) is 3. The number of nitrogens with zero attached hydrogens (tertiary/aromatic N) is 1. The highest BCUT2D eigenvalue weighted by atomic mass is 16.1. The predicted octanol–water partition coefficient (Wildman–Crippen LogP) is 0.791. The lowest BCUT2D eigenvalue weighted by molar-refractivity contribution is -0.121. The summed E-state index contributed by atoms with van der Waals surface area (Å²) in [4.78, 5) is 11.5. The zero-order valence-corrected chi connectivity index (χ0v) is 9.70. The fraction of sp³-hybridized carbons (Fsp3) is 0.636. The monoisotopic (exact) mass is 224 g/mol. The summed E-state index contributed by atoms with van der Waals surface area (Å²) in [5, 5.41) is 9.45. The van der Waals surface area contributed by atoms with Crippen LogP contribution >= 0.6 is 0 Å². The number of amides is 1. The van der Waals surface area contributed by atoms with Gasteiger partial charge in [0.2, 0.25) is 5.91 Å². The molecule has 5 nitrogen and oxygen atoms in total. The van der Waals surface area contributed by atoms with Crippen molar-refractivity contribution in [1.82, 2.24) is 15.5 Å². The lowest BCUT2D eigenvalue weighted by Crippen LogP contribution is -2.23. The second-order valence-electron chi connectivity index (χ2n) is 4.08. The summed E-state index contributed by atoms with van der Waals surface area (Å²) in [5.41, 5.74) is 6.37. The molecule has 0 saturated heterocycles. The number of nitrogens with one attached hydrogen (secondary N) is 2. The summed E-state index contributed by atoms with van der Waals surface area (Å²) in [6, 6.07) is 1.84. The van der Waals surface area contributed by atoms with Gasteiger partial charge in [0.05, 0.1) is 12.2 Å². The number of carbonyl (C=O) groups excluding carboxylic acids is 1. The van der Waals surface area contributed by atoms with Crippen molar-refractivity contribution in [3.63, 3.8) is 0 Å². The first-order valence-electron chi connectivity index (χ1n) is 5.67. The Morgan fingerprint density at radius 3 is 3.06 bits per heavy atom. The average molecular weight is 224 g/mol. The molecular weight excluding hydrogens is 204 g/mol. The molecule has 1 unspecified atom stereocenters. The summed E-state index contributed by atoms with van der Waals surface area (Å²) in [7, 11) is 0. The van der Waals surface area contributed by atoms with Gasteiger partial charge in [-0.25, -0.2) is 0 Å². The molecule has 4 N–H and O–H groups in total. The van der Waals surface area contributed by atoms with Crippen molar-refractivity contribution in [3.05, 3.63) is 18.0 Å². The molecule has 0 aliphatic rings. The molecule has 5 heteroatoms. The number of aromatic amines is 1. The number of H-pyrrole nitrogens is 1. The minimum atomic E-state index is 0.0819. The van der Waals surface area contributed by atoms with Crippen LogP contribution in [0, 0.1) is 5.92 Å². The van der Waals surface area contributed by atoms with E-state index in [0.717, 1.165) is 18.5 Å². The molecule has 90 valence electrons. The van der Waals surface area contributed by atoms with Gasteiger partial charge in [-0.05, 0) is 31.4 Å². The van der Waals surface area contributed by atoms with Gasteiger partial charge in [-0.3, -0.25) is 9.89 Å². The SMILES string of the molecule is CC(CCN)CCC(=O)NCc1ccn[nH]1. The number of aromatic nitrogens is 2. The standard InChI is InChI=1S/C11H20N4O/c1-9(4-6-12)2-3-11(16)13-8-10-5-7-14-15-10/h5,7,9H,2-4,6,8,12H2,1H3,(H,13,16)(H,14,15). The lowest BCUT2D eigenvalue weighted by Gasteiger charge is -2.09. The molecule has 1 rings (SSSR count). The molecule has 0 aliphatic carbocycles. The van der Waals surface area contributed by atoms with E-state index in [9.17, 15) is 4.79 Å². The highest BCUT2D eigenvalue weighted by Crippen LogP contribution is 2.08. The molecule has 1 heterocycles. The number of carbonyl (C=O) groups is 1. The third-order valence-electron chi connectivity index (χ3n) is 2.56. The molecule has 1 atom stereocenters. The first-order valence-corrected chi connectivity index (χ1v) is 5.67. The Balaban J connectivity index is 2.11. The van der Waals surface area contributed by atoms with E-state index in [1.54, 1.807) is 6.20 Å². The van der Waals surface area contributed by atoms with Crippen LogP contribution in [0.2, 0.25) is 0 Å².